The fraction of sp³-hybridized carbons (Fsp3) is 0.316. The van der Waals surface area contributed by atoms with Crippen molar-refractivity contribution in [2.75, 3.05) is 29.4 Å². The Balaban J connectivity index is 1.88. The Morgan fingerprint density at radius 3 is 2.34 bits per heavy atom. The Labute approximate surface area is 190 Å². The summed E-state index contributed by atoms with van der Waals surface area (Å²) in [4.78, 5) is 12.3. The van der Waals surface area contributed by atoms with Crippen molar-refractivity contribution in [1.82, 2.24) is 5.32 Å². The first-order chi connectivity index (χ1) is 13.6. The number of carbonyl (C=O) groups excluding carboxylic acids is 1. The molecule has 5 nitrogen and oxygen atoms in total. The van der Waals surface area contributed by atoms with Crippen LogP contribution in [0.4, 0.5) is 5.69 Å². The number of anilines is 1. The minimum atomic E-state index is -3.64. The second-order valence-electron chi connectivity index (χ2n) is 6.31. The highest BCUT2D eigenvalue weighted by Crippen LogP contribution is 2.28. The number of benzene rings is 2. The monoisotopic (exact) mass is 494 g/mol. The van der Waals surface area contributed by atoms with Gasteiger partial charge in [0.1, 0.15) is 6.54 Å². The third-order valence-electron chi connectivity index (χ3n) is 4.01. The van der Waals surface area contributed by atoms with Crippen LogP contribution in [0.25, 0.3) is 0 Å². The lowest BCUT2D eigenvalue weighted by Crippen LogP contribution is -2.41. The summed E-state index contributed by atoms with van der Waals surface area (Å²) in [6, 6.07) is 10.2. The van der Waals surface area contributed by atoms with Gasteiger partial charge in [0, 0.05) is 33.1 Å². The van der Waals surface area contributed by atoms with Gasteiger partial charge >= 0.3 is 0 Å². The van der Waals surface area contributed by atoms with E-state index in [1.54, 1.807) is 42.1 Å². The van der Waals surface area contributed by atoms with E-state index in [0.29, 0.717) is 38.8 Å². The third-order valence-corrected chi connectivity index (χ3v) is 7.25. The molecule has 0 heterocycles. The van der Waals surface area contributed by atoms with Gasteiger partial charge in [0.15, 0.2) is 0 Å². The number of aryl methyl sites for hydroxylation is 1. The number of hydrogen-bond acceptors (Lipinski definition) is 4. The highest BCUT2D eigenvalue weighted by Gasteiger charge is 2.21. The number of hydrogen-bond donors (Lipinski definition) is 1. The highest BCUT2D eigenvalue weighted by molar-refractivity contribution is 7.98. The van der Waals surface area contributed by atoms with Crippen LogP contribution in [0.3, 0.4) is 0 Å². The minimum absolute atomic E-state index is 0.320. The molecule has 1 amide bonds. The molecule has 0 saturated heterocycles. The van der Waals surface area contributed by atoms with Gasteiger partial charge in [-0.1, -0.05) is 46.9 Å². The fourth-order valence-corrected chi connectivity index (χ4v) is 5.05. The second-order valence-corrected chi connectivity index (χ2v) is 10.5. The molecule has 2 aromatic carbocycles. The Hall–Kier alpha value is -1.12. The topological polar surface area (TPSA) is 66.5 Å². The highest BCUT2D eigenvalue weighted by atomic mass is 35.5. The molecule has 158 valence electrons. The molecule has 0 aliphatic carbocycles. The standard InChI is InChI=1S/C19H21Cl3N2O3S2/c1-13-6-7-14(10-18(13)22)24(29(2,26)27)11-19(25)23-8-9-28-12-15-16(20)4-3-5-17(15)21/h3-7,10H,8-9,11-12H2,1-2H3,(H,23,25). The van der Waals surface area contributed by atoms with E-state index in [9.17, 15) is 13.2 Å². The van der Waals surface area contributed by atoms with Crippen LogP contribution in [0.1, 0.15) is 11.1 Å². The van der Waals surface area contributed by atoms with Crippen molar-refractivity contribution < 1.29 is 13.2 Å². The summed E-state index contributed by atoms with van der Waals surface area (Å²) in [5.41, 5.74) is 2.02. The molecule has 0 aliphatic rings. The van der Waals surface area contributed by atoms with Crippen LogP contribution < -0.4 is 9.62 Å². The zero-order chi connectivity index (χ0) is 21.6. The second kappa shape index (κ2) is 10.8. The normalized spacial score (nSPS) is 11.3. The van der Waals surface area contributed by atoms with Crippen LogP contribution in [-0.4, -0.2) is 39.4 Å². The van der Waals surface area contributed by atoms with Gasteiger partial charge < -0.3 is 5.32 Å². The average molecular weight is 496 g/mol. The number of amides is 1. The van der Waals surface area contributed by atoms with E-state index in [-0.39, 0.29) is 6.54 Å². The number of thioether (sulfide) groups is 1. The largest absolute Gasteiger partial charge is 0.354 e. The molecule has 0 radical (unpaired) electrons. The summed E-state index contributed by atoms with van der Waals surface area (Å²) in [7, 11) is -3.64. The molecule has 2 rings (SSSR count). The van der Waals surface area contributed by atoms with Crippen molar-refractivity contribution in [3.05, 3.63) is 62.6 Å². The first kappa shape index (κ1) is 24.2. The maximum absolute atomic E-state index is 12.3. The smallest absolute Gasteiger partial charge is 0.240 e. The summed E-state index contributed by atoms with van der Waals surface area (Å²) in [6.07, 6.45) is 1.05. The first-order valence-corrected chi connectivity index (χ1v) is 12.7. The van der Waals surface area contributed by atoms with Crippen LogP contribution in [0, 0.1) is 6.92 Å². The van der Waals surface area contributed by atoms with E-state index in [1.165, 1.54) is 6.07 Å². The summed E-state index contributed by atoms with van der Waals surface area (Å²) in [6.45, 7) is 1.88. The van der Waals surface area contributed by atoms with E-state index >= 15 is 0 Å². The van der Waals surface area contributed by atoms with Gasteiger partial charge in [0.2, 0.25) is 15.9 Å². The van der Waals surface area contributed by atoms with Crippen molar-refractivity contribution >= 4 is 68.2 Å². The average Bonchev–Trinajstić information content (AvgIpc) is 2.63. The predicted molar refractivity (Wildman–Crippen MR) is 124 cm³/mol. The number of nitrogens with one attached hydrogen (secondary N) is 1. The van der Waals surface area contributed by atoms with Crippen molar-refractivity contribution in [1.29, 1.82) is 0 Å². The SMILES string of the molecule is Cc1ccc(N(CC(=O)NCCSCc2c(Cl)cccc2Cl)S(C)(=O)=O)cc1Cl. The van der Waals surface area contributed by atoms with Gasteiger partial charge in [-0.3, -0.25) is 9.10 Å². The molecule has 0 aliphatic heterocycles. The fourth-order valence-electron chi connectivity index (χ4n) is 2.43. The lowest BCUT2D eigenvalue weighted by atomic mass is 10.2. The summed E-state index contributed by atoms with van der Waals surface area (Å²) < 4.78 is 25.3. The third kappa shape index (κ3) is 7.26. The lowest BCUT2D eigenvalue weighted by molar-refractivity contribution is -0.119. The molecular weight excluding hydrogens is 475 g/mol. The molecule has 0 spiro atoms. The molecule has 1 N–H and O–H groups in total. The van der Waals surface area contributed by atoms with E-state index in [0.717, 1.165) is 21.7 Å². The Morgan fingerprint density at radius 1 is 1.10 bits per heavy atom. The van der Waals surface area contributed by atoms with Gasteiger partial charge in [0.05, 0.1) is 11.9 Å². The van der Waals surface area contributed by atoms with Crippen LogP contribution >= 0.6 is 46.6 Å². The molecular formula is C19H21Cl3N2O3S2. The molecule has 0 bridgehead atoms. The lowest BCUT2D eigenvalue weighted by Gasteiger charge is -2.22. The van der Waals surface area contributed by atoms with Gasteiger partial charge in [-0.15, -0.1) is 0 Å². The molecule has 0 atom stereocenters. The minimum Gasteiger partial charge on any atom is -0.354 e. The molecule has 2 aromatic rings. The Bertz CT molecular complexity index is 964. The zero-order valence-corrected chi connectivity index (χ0v) is 19.8. The maximum atomic E-state index is 12.3. The van der Waals surface area contributed by atoms with E-state index in [1.807, 2.05) is 6.92 Å². The maximum Gasteiger partial charge on any atom is 0.240 e. The van der Waals surface area contributed by atoms with Gasteiger partial charge in [-0.05, 0) is 42.3 Å². The number of sulfonamides is 1. The van der Waals surface area contributed by atoms with Crippen LogP contribution in [0.15, 0.2) is 36.4 Å². The van der Waals surface area contributed by atoms with E-state index < -0.39 is 15.9 Å². The summed E-state index contributed by atoms with van der Waals surface area (Å²) in [5, 5.41) is 4.38. The summed E-state index contributed by atoms with van der Waals surface area (Å²) >= 11 is 19.9. The van der Waals surface area contributed by atoms with Crippen LogP contribution in [0.2, 0.25) is 15.1 Å². The number of carbonyl (C=O) groups is 1. The number of halogens is 3. The molecule has 29 heavy (non-hydrogen) atoms. The van der Waals surface area contributed by atoms with Crippen LogP contribution in [0.5, 0.6) is 0 Å². The molecule has 0 unspecified atom stereocenters. The van der Waals surface area contributed by atoms with Crippen molar-refractivity contribution in [3.8, 4) is 0 Å². The number of rotatable bonds is 9. The molecule has 0 saturated carbocycles. The Morgan fingerprint density at radius 2 is 1.76 bits per heavy atom. The van der Waals surface area contributed by atoms with Gasteiger partial charge in [0.25, 0.3) is 0 Å². The summed E-state index contributed by atoms with van der Waals surface area (Å²) in [5.74, 6) is 0.845. The van der Waals surface area contributed by atoms with E-state index in [2.05, 4.69) is 5.32 Å². The predicted octanol–water partition coefficient (Wildman–Crippen LogP) is 4.77. The quantitative estimate of drug-likeness (QED) is 0.509. The zero-order valence-electron chi connectivity index (χ0n) is 15.9. The number of nitrogens with zero attached hydrogens (tertiary/aromatic N) is 1. The Kier molecular flexibility index (Phi) is 8.97. The van der Waals surface area contributed by atoms with Gasteiger partial charge in [-0.25, -0.2) is 8.42 Å². The molecule has 10 heteroatoms. The van der Waals surface area contributed by atoms with Crippen molar-refractivity contribution in [2.45, 2.75) is 12.7 Å². The molecule has 0 aromatic heterocycles. The van der Waals surface area contributed by atoms with Crippen molar-refractivity contribution in [3.63, 3.8) is 0 Å². The van der Waals surface area contributed by atoms with Crippen molar-refractivity contribution in [2.24, 2.45) is 0 Å². The van der Waals surface area contributed by atoms with E-state index in [4.69, 9.17) is 34.8 Å². The first-order valence-electron chi connectivity index (χ1n) is 8.61. The van der Waals surface area contributed by atoms with Gasteiger partial charge in [-0.2, -0.15) is 11.8 Å². The van der Waals surface area contributed by atoms with Crippen LogP contribution in [-0.2, 0) is 20.6 Å². The molecule has 0 fully saturated rings.